The molecule has 0 bridgehead atoms. The fourth-order valence-corrected chi connectivity index (χ4v) is 4.42. The third-order valence-electron chi connectivity index (χ3n) is 2.75. The highest BCUT2D eigenvalue weighted by molar-refractivity contribution is 8.00. The maximum atomic E-state index is 6.07. The van der Waals surface area contributed by atoms with Gasteiger partial charge in [0.05, 0.1) is 13.1 Å². The minimum atomic E-state index is -1.10. The molecule has 2 rings (SSSR count). The van der Waals surface area contributed by atoms with Crippen molar-refractivity contribution in [1.82, 2.24) is 14.8 Å². The van der Waals surface area contributed by atoms with Crippen molar-refractivity contribution >= 4 is 31.4 Å². The minimum absolute atomic E-state index is 0.362. The van der Waals surface area contributed by atoms with Crippen LogP contribution in [0.2, 0.25) is 24.7 Å². The van der Waals surface area contributed by atoms with Gasteiger partial charge in [-0.2, -0.15) is 0 Å². The molecule has 0 unspecified atom stereocenters. The van der Waals surface area contributed by atoms with Gasteiger partial charge in [0.15, 0.2) is 11.0 Å². The van der Waals surface area contributed by atoms with Gasteiger partial charge in [0.1, 0.15) is 12.4 Å². The van der Waals surface area contributed by atoms with Gasteiger partial charge in [0, 0.05) is 7.05 Å². The smallest absolute Gasteiger partial charge is 0.190 e. The van der Waals surface area contributed by atoms with Crippen molar-refractivity contribution < 1.29 is 4.74 Å². The standard InChI is InChI=1S/C14H20ClN3OSSi/c1-18-13(9-19-12-8-6-5-7-11(12)15)16-17-14(18)20-10-21(2,3)4/h5-8H,9-10H2,1-4H3. The maximum absolute atomic E-state index is 6.07. The monoisotopic (exact) mass is 341 g/mol. The second kappa shape index (κ2) is 6.85. The van der Waals surface area contributed by atoms with Crippen LogP contribution in [0.1, 0.15) is 5.82 Å². The van der Waals surface area contributed by atoms with Crippen molar-refractivity contribution in [2.75, 3.05) is 5.38 Å². The first-order valence-electron chi connectivity index (χ1n) is 6.75. The summed E-state index contributed by atoms with van der Waals surface area (Å²) >= 11 is 7.84. The van der Waals surface area contributed by atoms with E-state index < -0.39 is 8.07 Å². The number of hydrogen-bond acceptors (Lipinski definition) is 4. The number of benzene rings is 1. The summed E-state index contributed by atoms with van der Waals surface area (Å²) in [6.07, 6.45) is 0. The van der Waals surface area contributed by atoms with Crippen molar-refractivity contribution in [3.63, 3.8) is 0 Å². The summed E-state index contributed by atoms with van der Waals surface area (Å²) in [7, 11) is 0.871. The first kappa shape index (κ1) is 16.4. The topological polar surface area (TPSA) is 39.9 Å². The molecule has 0 amide bonds. The SMILES string of the molecule is Cn1c(COc2ccccc2Cl)nnc1SC[Si](C)(C)C. The summed E-state index contributed by atoms with van der Waals surface area (Å²) in [5, 5.41) is 11.1. The van der Waals surface area contributed by atoms with E-state index in [1.165, 1.54) is 0 Å². The third-order valence-corrected chi connectivity index (χ3v) is 7.72. The van der Waals surface area contributed by atoms with Crippen LogP contribution in [0.5, 0.6) is 5.75 Å². The second-order valence-corrected chi connectivity index (χ2v) is 13.4. The third kappa shape index (κ3) is 4.76. The van der Waals surface area contributed by atoms with Gasteiger partial charge in [-0.15, -0.1) is 10.2 Å². The molecule has 0 aliphatic carbocycles. The molecule has 4 nitrogen and oxygen atoms in total. The zero-order valence-electron chi connectivity index (χ0n) is 12.8. The minimum Gasteiger partial charge on any atom is -0.484 e. The van der Waals surface area contributed by atoms with E-state index in [1.807, 2.05) is 35.9 Å². The molecule has 0 atom stereocenters. The molecule has 0 N–H and O–H groups in total. The van der Waals surface area contributed by atoms with E-state index in [9.17, 15) is 0 Å². The van der Waals surface area contributed by atoms with E-state index in [1.54, 1.807) is 11.8 Å². The molecule has 0 saturated carbocycles. The first-order chi connectivity index (χ1) is 9.87. The zero-order valence-corrected chi connectivity index (χ0v) is 15.3. The molecule has 0 fully saturated rings. The molecule has 1 heterocycles. The number of thioether (sulfide) groups is 1. The van der Waals surface area contributed by atoms with Crippen molar-refractivity contribution in [1.29, 1.82) is 0 Å². The van der Waals surface area contributed by atoms with Crippen LogP contribution in [0, 0.1) is 0 Å². The molecule has 2 aromatic rings. The Bertz CT molecular complexity index is 613. The van der Waals surface area contributed by atoms with E-state index in [4.69, 9.17) is 16.3 Å². The van der Waals surface area contributed by atoms with Crippen LogP contribution in [0.25, 0.3) is 0 Å². The van der Waals surface area contributed by atoms with Crippen LogP contribution in [0.4, 0.5) is 0 Å². The molecule has 1 aromatic heterocycles. The lowest BCUT2D eigenvalue weighted by molar-refractivity contribution is 0.290. The maximum Gasteiger partial charge on any atom is 0.190 e. The van der Waals surface area contributed by atoms with E-state index in [0.29, 0.717) is 17.4 Å². The average Bonchev–Trinajstić information content (AvgIpc) is 2.76. The Labute approximate surface area is 135 Å². The normalized spacial score (nSPS) is 11.7. The molecule has 1 aromatic carbocycles. The molecule has 114 valence electrons. The zero-order chi connectivity index (χ0) is 15.5. The number of aromatic nitrogens is 3. The van der Waals surface area contributed by atoms with Gasteiger partial charge in [-0.25, -0.2) is 0 Å². The lowest BCUT2D eigenvalue weighted by Gasteiger charge is -2.14. The second-order valence-electron chi connectivity index (χ2n) is 6.03. The molecule has 0 aliphatic rings. The van der Waals surface area contributed by atoms with Crippen molar-refractivity contribution in [2.45, 2.75) is 31.4 Å². The molecule has 0 radical (unpaired) electrons. The first-order valence-corrected chi connectivity index (χ1v) is 11.8. The Morgan fingerprint density at radius 2 is 1.95 bits per heavy atom. The van der Waals surface area contributed by atoms with E-state index in [2.05, 4.69) is 29.8 Å². The van der Waals surface area contributed by atoms with Crippen LogP contribution in [-0.4, -0.2) is 28.2 Å². The van der Waals surface area contributed by atoms with E-state index in [0.717, 1.165) is 16.4 Å². The highest BCUT2D eigenvalue weighted by Crippen LogP contribution is 2.25. The molecular weight excluding hydrogens is 322 g/mol. The number of rotatable bonds is 6. The van der Waals surface area contributed by atoms with Crippen molar-refractivity contribution in [3.05, 3.63) is 35.1 Å². The Morgan fingerprint density at radius 3 is 2.62 bits per heavy atom. The Balaban J connectivity index is 1.99. The van der Waals surface area contributed by atoms with Gasteiger partial charge in [-0.1, -0.05) is 55.1 Å². The Morgan fingerprint density at radius 1 is 1.24 bits per heavy atom. The van der Waals surface area contributed by atoms with Crippen LogP contribution in [-0.2, 0) is 13.7 Å². The molecule has 21 heavy (non-hydrogen) atoms. The van der Waals surface area contributed by atoms with Gasteiger partial charge >= 0.3 is 0 Å². The number of nitrogens with zero attached hydrogens (tertiary/aromatic N) is 3. The Kier molecular flexibility index (Phi) is 5.35. The van der Waals surface area contributed by atoms with Crippen LogP contribution < -0.4 is 4.74 Å². The quantitative estimate of drug-likeness (QED) is 0.587. The van der Waals surface area contributed by atoms with E-state index >= 15 is 0 Å². The van der Waals surface area contributed by atoms with Crippen LogP contribution in [0.15, 0.2) is 29.4 Å². The lowest BCUT2D eigenvalue weighted by atomic mass is 10.3. The number of ether oxygens (including phenoxy) is 1. The fourth-order valence-electron chi connectivity index (χ4n) is 1.58. The van der Waals surface area contributed by atoms with Gasteiger partial charge in [-0.3, -0.25) is 0 Å². The predicted octanol–water partition coefficient (Wildman–Crippen LogP) is 4.02. The van der Waals surface area contributed by atoms with Gasteiger partial charge in [0.25, 0.3) is 0 Å². The Hall–Kier alpha value is -0.983. The summed E-state index contributed by atoms with van der Waals surface area (Å²) in [4.78, 5) is 0. The highest BCUT2D eigenvalue weighted by atomic mass is 35.5. The van der Waals surface area contributed by atoms with Crippen molar-refractivity contribution in [2.24, 2.45) is 7.05 Å². The number of hydrogen-bond donors (Lipinski definition) is 0. The van der Waals surface area contributed by atoms with Gasteiger partial charge in [-0.05, 0) is 17.5 Å². The summed E-state index contributed by atoms with van der Waals surface area (Å²) in [5.74, 6) is 1.46. The molecule has 0 spiro atoms. The summed E-state index contributed by atoms with van der Waals surface area (Å²) in [6.45, 7) is 7.40. The van der Waals surface area contributed by atoms with Crippen LogP contribution >= 0.6 is 23.4 Å². The predicted molar refractivity (Wildman–Crippen MR) is 90.9 cm³/mol. The summed E-state index contributed by atoms with van der Waals surface area (Å²) in [5.41, 5.74) is 0. The average molecular weight is 342 g/mol. The van der Waals surface area contributed by atoms with Crippen LogP contribution in [0.3, 0.4) is 0 Å². The molecule has 7 heteroatoms. The highest BCUT2D eigenvalue weighted by Gasteiger charge is 2.17. The lowest BCUT2D eigenvalue weighted by Crippen LogP contribution is -2.24. The van der Waals surface area contributed by atoms with Gasteiger partial charge in [0.2, 0.25) is 0 Å². The van der Waals surface area contributed by atoms with Crippen molar-refractivity contribution in [3.8, 4) is 5.75 Å². The van der Waals surface area contributed by atoms with E-state index in [-0.39, 0.29) is 0 Å². The fraction of sp³-hybridized carbons (Fsp3) is 0.429. The number of para-hydroxylation sites is 1. The summed E-state index contributed by atoms with van der Waals surface area (Å²) < 4.78 is 7.69. The molecular formula is C14H20ClN3OSSi. The molecule has 0 aliphatic heterocycles. The summed E-state index contributed by atoms with van der Waals surface area (Å²) in [6, 6.07) is 7.43. The largest absolute Gasteiger partial charge is 0.484 e. The number of halogens is 1. The van der Waals surface area contributed by atoms with Gasteiger partial charge < -0.3 is 9.30 Å². The molecule has 0 saturated heterocycles.